The number of fused-ring (bicyclic) bond motifs is 2. The lowest BCUT2D eigenvalue weighted by atomic mass is 10.1. The number of aryl methyl sites for hydroxylation is 1. The molecule has 0 radical (unpaired) electrons. The van der Waals surface area contributed by atoms with Gasteiger partial charge in [0.05, 0.1) is 11.8 Å². The van der Waals surface area contributed by atoms with Crippen LogP contribution in [0.15, 0.2) is 36.9 Å². The fourth-order valence-corrected chi connectivity index (χ4v) is 5.05. The molecule has 1 aliphatic rings. The molecular formula is C20H20N4OS. The smallest absolute Gasteiger partial charge is 0.144 e. The van der Waals surface area contributed by atoms with Gasteiger partial charge in [0.25, 0.3) is 0 Å². The van der Waals surface area contributed by atoms with E-state index in [1.165, 1.54) is 26.1 Å². The second-order valence-corrected chi connectivity index (χ2v) is 7.91. The Balaban J connectivity index is 1.73. The lowest BCUT2D eigenvalue weighted by Crippen LogP contribution is -2.12. The largest absolute Gasteiger partial charge is 0.495 e. The standard InChI is InChI=1S/C20H20N4OS/c1-12-5-13-7-18(26-19(13)17(6-12)25-2)16-10-24(14-3-4-21-8-14)20-15(16)9-22-11-23-20/h5-7,9-11,14,21H,3-4,8H2,1-2H3/t14-/m0/s1. The molecule has 3 aromatic heterocycles. The highest BCUT2D eigenvalue weighted by Gasteiger charge is 2.22. The predicted octanol–water partition coefficient (Wildman–Crippen LogP) is 4.16. The van der Waals surface area contributed by atoms with Crippen LogP contribution < -0.4 is 10.1 Å². The van der Waals surface area contributed by atoms with Crippen molar-refractivity contribution in [1.82, 2.24) is 19.9 Å². The lowest BCUT2D eigenvalue weighted by Gasteiger charge is -2.11. The SMILES string of the molecule is COc1cc(C)cc2cc(-c3cn([C@H]4CCNC4)c4ncncc34)sc12. The quantitative estimate of drug-likeness (QED) is 0.593. The molecule has 1 saturated heterocycles. The lowest BCUT2D eigenvalue weighted by molar-refractivity contribution is 0.420. The van der Waals surface area contributed by atoms with Crippen molar-refractivity contribution in [1.29, 1.82) is 0 Å². The number of methoxy groups -OCH3 is 1. The van der Waals surface area contributed by atoms with Gasteiger partial charge in [-0.1, -0.05) is 6.07 Å². The number of hydrogen-bond acceptors (Lipinski definition) is 5. The number of nitrogens with one attached hydrogen (secondary N) is 1. The van der Waals surface area contributed by atoms with Crippen molar-refractivity contribution in [2.75, 3.05) is 20.2 Å². The highest BCUT2D eigenvalue weighted by atomic mass is 32.1. The molecule has 4 heterocycles. The molecule has 1 aliphatic heterocycles. The summed E-state index contributed by atoms with van der Waals surface area (Å²) in [6.07, 6.45) is 6.96. The van der Waals surface area contributed by atoms with E-state index < -0.39 is 0 Å². The molecule has 1 N–H and O–H groups in total. The summed E-state index contributed by atoms with van der Waals surface area (Å²) in [6, 6.07) is 7.02. The number of hydrogen-bond donors (Lipinski definition) is 1. The van der Waals surface area contributed by atoms with Crippen molar-refractivity contribution in [3.05, 3.63) is 42.5 Å². The van der Waals surface area contributed by atoms with Crippen LogP contribution in [-0.4, -0.2) is 34.7 Å². The Morgan fingerprint density at radius 3 is 3.04 bits per heavy atom. The Labute approximate surface area is 155 Å². The molecular weight excluding hydrogens is 344 g/mol. The van der Waals surface area contributed by atoms with Gasteiger partial charge in [-0.2, -0.15) is 0 Å². The Kier molecular flexibility index (Phi) is 3.69. The zero-order valence-electron chi connectivity index (χ0n) is 14.8. The first-order valence-corrected chi connectivity index (χ1v) is 9.66. The summed E-state index contributed by atoms with van der Waals surface area (Å²) in [6.45, 7) is 4.16. The number of rotatable bonds is 3. The van der Waals surface area contributed by atoms with Gasteiger partial charge in [0, 0.05) is 40.8 Å². The summed E-state index contributed by atoms with van der Waals surface area (Å²) in [4.78, 5) is 10.1. The second kappa shape index (κ2) is 6.07. The normalized spacial score (nSPS) is 17.4. The van der Waals surface area contributed by atoms with Gasteiger partial charge in [-0.15, -0.1) is 11.3 Å². The topological polar surface area (TPSA) is 52.0 Å². The van der Waals surface area contributed by atoms with Gasteiger partial charge in [0.15, 0.2) is 0 Å². The van der Waals surface area contributed by atoms with Crippen LogP contribution in [0.5, 0.6) is 5.75 Å². The molecule has 26 heavy (non-hydrogen) atoms. The molecule has 6 heteroatoms. The van der Waals surface area contributed by atoms with Crippen molar-refractivity contribution < 1.29 is 4.74 Å². The first-order chi connectivity index (χ1) is 12.7. The maximum Gasteiger partial charge on any atom is 0.144 e. The third kappa shape index (κ3) is 2.40. The summed E-state index contributed by atoms with van der Waals surface area (Å²) in [5, 5.41) is 5.79. The molecule has 0 aliphatic carbocycles. The highest BCUT2D eigenvalue weighted by Crippen LogP contribution is 2.42. The summed E-state index contributed by atoms with van der Waals surface area (Å²) in [5.74, 6) is 0.941. The van der Waals surface area contributed by atoms with Crippen LogP contribution in [-0.2, 0) is 0 Å². The molecule has 5 nitrogen and oxygen atoms in total. The minimum absolute atomic E-state index is 0.451. The summed E-state index contributed by atoms with van der Waals surface area (Å²) >= 11 is 1.77. The third-order valence-electron chi connectivity index (χ3n) is 5.13. The van der Waals surface area contributed by atoms with E-state index in [4.69, 9.17) is 4.74 Å². The van der Waals surface area contributed by atoms with E-state index in [-0.39, 0.29) is 0 Å². The Hall–Kier alpha value is -2.44. The van der Waals surface area contributed by atoms with E-state index in [1.54, 1.807) is 24.8 Å². The first kappa shape index (κ1) is 15.8. The van der Waals surface area contributed by atoms with Crippen LogP contribution in [0.1, 0.15) is 18.0 Å². The Morgan fingerprint density at radius 1 is 1.31 bits per heavy atom. The van der Waals surface area contributed by atoms with Crippen LogP contribution in [0.2, 0.25) is 0 Å². The van der Waals surface area contributed by atoms with E-state index in [1.807, 2.05) is 6.20 Å². The maximum atomic E-state index is 5.60. The fourth-order valence-electron chi connectivity index (χ4n) is 3.89. The van der Waals surface area contributed by atoms with Gasteiger partial charge in [-0.05, 0) is 43.0 Å². The van der Waals surface area contributed by atoms with Crippen LogP contribution >= 0.6 is 11.3 Å². The minimum atomic E-state index is 0.451. The zero-order chi connectivity index (χ0) is 17.7. The van der Waals surface area contributed by atoms with Crippen molar-refractivity contribution in [3.63, 3.8) is 0 Å². The van der Waals surface area contributed by atoms with E-state index >= 15 is 0 Å². The Bertz CT molecular complexity index is 1110. The van der Waals surface area contributed by atoms with Gasteiger partial charge in [0.2, 0.25) is 0 Å². The molecule has 0 bridgehead atoms. The van der Waals surface area contributed by atoms with Crippen molar-refractivity contribution in [3.8, 4) is 16.2 Å². The van der Waals surface area contributed by atoms with Gasteiger partial charge in [0.1, 0.15) is 17.7 Å². The van der Waals surface area contributed by atoms with Gasteiger partial charge >= 0.3 is 0 Å². The number of ether oxygens (including phenoxy) is 1. The Morgan fingerprint density at radius 2 is 2.23 bits per heavy atom. The monoisotopic (exact) mass is 364 g/mol. The molecule has 0 unspecified atom stereocenters. The molecule has 5 rings (SSSR count). The molecule has 0 saturated carbocycles. The predicted molar refractivity (Wildman–Crippen MR) is 106 cm³/mol. The molecule has 132 valence electrons. The van der Waals surface area contributed by atoms with Gasteiger partial charge in [-0.3, -0.25) is 0 Å². The summed E-state index contributed by atoms with van der Waals surface area (Å²) < 4.78 is 9.11. The molecule has 4 aromatic rings. The van der Waals surface area contributed by atoms with E-state index in [9.17, 15) is 0 Å². The van der Waals surface area contributed by atoms with Crippen LogP contribution in [0.3, 0.4) is 0 Å². The molecule has 1 fully saturated rings. The first-order valence-electron chi connectivity index (χ1n) is 8.84. The van der Waals surface area contributed by atoms with E-state index in [0.717, 1.165) is 36.3 Å². The van der Waals surface area contributed by atoms with E-state index in [0.29, 0.717) is 6.04 Å². The number of thiophene rings is 1. The van der Waals surface area contributed by atoms with Gasteiger partial charge < -0.3 is 14.6 Å². The molecule has 1 aromatic carbocycles. The third-order valence-corrected chi connectivity index (χ3v) is 6.33. The minimum Gasteiger partial charge on any atom is -0.495 e. The molecule has 1 atom stereocenters. The van der Waals surface area contributed by atoms with Gasteiger partial charge in [-0.25, -0.2) is 9.97 Å². The second-order valence-electron chi connectivity index (χ2n) is 6.85. The van der Waals surface area contributed by atoms with Crippen LogP contribution in [0.25, 0.3) is 31.6 Å². The molecule has 0 spiro atoms. The van der Waals surface area contributed by atoms with E-state index in [2.05, 4.69) is 51.2 Å². The fraction of sp³-hybridized carbons (Fsp3) is 0.300. The average Bonchev–Trinajstić information content (AvgIpc) is 3.38. The molecule has 0 amide bonds. The number of nitrogens with zero attached hydrogens (tertiary/aromatic N) is 3. The van der Waals surface area contributed by atoms with Crippen molar-refractivity contribution in [2.24, 2.45) is 0 Å². The number of aromatic nitrogens is 3. The summed E-state index contributed by atoms with van der Waals surface area (Å²) in [7, 11) is 1.74. The van der Waals surface area contributed by atoms with Crippen molar-refractivity contribution in [2.45, 2.75) is 19.4 Å². The maximum absolute atomic E-state index is 5.60. The number of benzene rings is 1. The summed E-state index contributed by atoms with van der Waals surface area (Å²) in [5.41, 5.74) is 3.43. The van der Waals surface area contributed by atoms with Crippen molar-refractivity contribution >= 4 is 32.5 Å². The zero-order valence-corrected chi connectivity index (χ0v) is 15.6. The van der Waals surface area contributed by atoms with Crippen LogP contribution in [0.4, 0.5) is 0 Å². The van der Waals surface area contributed by atoms with Crippen LogP contribution in [0, 0.1) is 6.92 Å². The average molecular weight is 364 g/mol. The highest BCUT2D eigenvalue weighted by molar-refractivity contribution is 7.22.